The molecule has 0 aliphatic rings. The molecule has 0 aliphatic heterocycles. The summed E-state index contributed by atoms with van der Waals surface area (Å²) in [6, 6.07) is 5.34. The van der Waals surface area contributed by atoms with Gasteiger partial charge in [-0.25, -0.2) is 13.8 Å². The molecule has 3 aromatic rings. The maximum Gasteiger partial charge on any atom is 0.419 e. The van der Waals surface area contributed by atoms with E-state index in [0.717, 1.165) is 11.3 Å². The van der Waals surface area contributed by atoms with E-state index in [1.807, 2.05) is 0 Å². The largest absolute Gasteiger partial charge is 0.419 e. The molecule has 0 atom stereocenters. The number of halogens is 5. The fraction of sp³-hybridized carbons (Fsp3) is 0.0625. The van der Waals surface area contributed by atoms with E-state index < -0.39 is 34.8 Å². The summed E-state index contributed by atoms with van der Waals surface area (Å²) < 4.78 is 65.0. The van der Waals surface area contributed by atoms with Gasteiger partial charge in [-0.1, -0.05) is 17.4 Å². The maximum absolute atomic E-state index is 13.8. The van der Waals surface area contributed by atoms with Crippen LogP contribution in [0.15, 0.2) is 42.7 Å². The molecular weight excluding hydrogens is 377 g/mol. The Morgan fingerprint density at radius 1 is 1.08 bits per heavy atom. The molecule has 3 rings (SSSR count). The second-order valence-corrected chi connectivity index (χ2v) is 6.04. The lowest BCUT2D eigenvalue weighted by Crippen LogP contribution is -2.16. The first-order valence-electron chi connectivity index (χ1n) is 7.00. The average molecular weight is 385 g/mol. The molecule has 10 heteroatoms. The van der Waals surface area contributed by atoms with Crippen LogP contribution in [0.3, 0.4) is 0 Å². The number of thiazole rings is 1. The standard InChI is InChI=1S/C16H8F5N3OS/c17-10-6-9(16(19,20)21)11(18)5-8(10)14(25)24-15-23-7-13(26-15)12-3-1-2-4-22-12/h1-7H,(H,23,24,25). The van der Waals surface area contributed by atoms with E-state index in [4.69, 9.17) is 0 Å². The Morgan fingerprint density at radius 2 is 1.85 bits per heavy atom. The first-order chi connectivity index (χ1) is 12.3. The highest BCUT2D eigenvalue weighted by Crippen LogP contribution is 2.33. The lowest BCUT2D eigenvalue weighted by molar-refractivity contribution is -0.140. The van der Waals surface area contributed by atoms with E-state index in [9.17, 15) is 26.7 Å². The molecular formula is C16H8F5N3OS. The Morgan fingerprint density at radius 3 is 2.50 bits per heavy atom. The van der Waals surface area contributed by atoms with E-state index in [0.29, 0.717) is 10.6 Å². The molecule has 26 heavy (non-hydrogen) atoms. The van der Waals surface area contributed by atoms with Crippen molar-refractivity contribution in [2.45, 2.75) is 6.18 Å². The molecule has 134 valence electrons. The summed E-state index contributed by atoms with van der Waals surface area (Å²) >= 11 is 1.02. The topological polar surface area (TPSA) is 54.9 Å². The Bertz CT molecular complexity index is 956. The molecule has 0 radical (unpaired) electrons. The van der Waals surface area contributed by atoms with Gasteiger partial charge in [0.15, 0.2) is 5.13 Å². The Kier molecular flexibility index (Phi) is 4.68. The fourth-order valence-electron chi connectivity index (χ4n) is 2.06. The zero-order valence-corrected chi connectivity index (χ0v) is 13.5. The van der Waals surface area contributed by atoms with Gasteiger partial charge in [-0.2, -0.15) is 13.2 Å². The lowest BCUT2D eigenvalue weighted by atomic mass is 10.1. The number of nitrogens with zero attached hydrogens (tertiary/aromatic N) is 2. The van der Waals surface area contributed by atoms with Gasteiger partial charge in [-0.05, 0) is 24.3 Å². The van der Waals surface area contributed by atoms with Gasteiger partial charge < -0.3 is 0 Å². The van der Waals surface area contributed by atoms with Crippen LogP contribution in [0, 0.1) is 11.6 Å². The third-order valence-corrected chi connectivity index (χ3v) is 4.19. The van der Waals surface area contributed by atoms with Gasteiger partial charge in [0.05, 0.1) is 21.7 Å². The minimum absolute atomic E-state index is 0.0502. The summed E-state index contributed by atoms with van der Waals surface area (Å²) in [7, 11) is 0. The summed E-state index contributed by atoms with van der Waals surface area (Å²) in [5.41, 5.74) is -2.04. The van der Waals surface area contributed by atoms with Gasteiger partial charge in [0.2, 0.25) is 0 Å². The number of amides is 1. The number of carbonyl (C=O) groups excluding carboxylic acids is 1. The van der Waals surface area contributed by atoms with Crippen molar-refractivity contribution in [3.63, 3.8) is 0 Å². The van der Waals surface area contributed by atoms with Gasteiger partial charge in [-0.15, -0.1) is 0 Å². The summed E-state index contributed by atoms with van der Waals surface area (Å²) in [6.07, 6.45) is -2.08. The fourth-order valence-corrected chi connectivity index (χ4v) is 2.85. The van der Waals surface area contributed by atoms with Crippen LogP contribution >= 0.6 is 11.3 Å². The number of benzene rings is 1. The lowest BCUT2D eigenvalue weighted by Gasteiger charge is -2.10. The highest BCUT2D eigenvalue weighted by atomic mass is 32.1. The number of carbonyl (C=O) groups is 1. The zero-order valence-electron chi connectivity index (χ0n) is 12.6. The molecule has 0 aliphatic carbocycles. The smallest absolute Gasteiger partial charge is 0.298 e. The first-order valence-corrected chi connectivity index (χ1v) is 7.82. The monoisotopic (exact) mass is 385 g/mol. The van der Waals surface area contributed by atoms with E-state index >= 15 is 0 Å². The molecule has 4 nitrogen and oxygen atoms in total. The van der Waals surface area contributed by atoms with Crippen molar-refractivity contribution in [2.75, 3.05) is 5.32 Å². The van der Waals surface area contributed by atoms with Crippen LogP contribution in [0.1, 0.15) is 15.9 Å². The molecule has 1 aromatic carbocycles. The molecule has 0 spiro atoms. The Labute approximate surface area is 147 Å². The number of pyridine rings is 1. The van der Waals surface area contributed by atoms with Crippen LogP contribution in [0.2, 0.25) is 0 Å². The van der Waals surface area contributed by atoms with Crippen molar-refractivity contribution in [1.82, 2.24) is 9.97 Å². The van der Waals surface area contributed by atoms with Gasteiger partial charge in [-0.3, -0.25) is 15.1 Å². The molecule has 0 saturated carbocycles. The van der Waals surface area contributed by atoms with Crippen molar-refractivity contribution in [1.29, 1.82) is 0 Å². The zero-order chi connectivity index (χ0) is 18.9. The number of nitrogens with one attached hydrogen (secondary N) is 1. The normalized spacial score (nSPS) is 11.4. The number of hydrogen-bond donors (Lipinski definition) is 1. The van der Waals surface area contributed by atoms with E-state index in [2.05, 4.69) is 15.3 Å². The van der Waals surface area contributed by atoms with Crippen molar-refractivity contribution < 1.29 is 26.7 Å². The van der Waals surface area contributed by atoms with Crippen molar-refractivity contribution in [3.05, 3.63) is 65.5 Å². The van der Waals surface area contributed by atoms with Crippen LogP contribution in [-0.2, 0) is 6.18 Å². The van der Waals surface area contributed by atoms with Crippen LogP contribution in [0.25, 0.3) is 10.6 Å². The number of aromatic nitrogens is 2. The third kappa shape index (κ3) is 3.69. The summed E-state index contributed by atoms with van der Waals surface area (Å²) in [4.78, 5) is 20.7. The van der Waals surface area contributed by atoms with Gasteiger partial charge >= 0.3 is 6.18 Å². The van der Waals surface area contributed by atoms with Crippen molar-refractivity contribution in [2.24, 2.45) is 0 Å². The van der Waals surface area contributed by atoms with Crippen LogP contribution in [0.4, 0.5) is 27.1 Å². The van der Waals surface area contributed by atoms with Crippen LogP contribution in [-0.4, -0.2) is 15.9 Å². The molecule has 2 aromatic heterocycles. The van der Waals surface area contributed by atoms with E-state index in [1.54, 1.807) is 24.4 Å². The van der Waals surface area contributed by atoms with Crippen LogP contribution in [0.5, 0.6) is 0 Å². The predicted octanol–water partition coefficient (Wildman–Crippen LogP) is 4.75. The molecule has 1 N–H and O–H groups in total. The number of anilines is 1. The van der Waals surface area contributed by atoms with Gasteiger partial charge in [0.25, 0.3) is 5.91 Å². The average Bonchev–Trinajstić information content (AvgIpc) is 3.05. The summed E-state index contributed by atoms with van der Waals surface area (Å²) in [5, 5.41) is 2.29. The number of alkyl halides is 3. The number of rotatable bonds is 3. The highest BCUT2D eigenvalue weighted by Gasteiger charge is 2.35. The molecule has 2 heterocycles. The van der Waals surface area contributed by atoms with E-state index in [-0.39, 0.29) is 17.3 Å². The predicted molar refractivity (Wildman–Crippen MR) is 84.7 cm³/mol. The maximum atomic E-state index is 13.8. The Hall–Kier alpha value is -2.88. The highest BCUT2D eigenvalue weighted by molar-refractivity contribution is 7.19. The SMILES string of the molecule is O=C(Nc1ncc(-c2ccccn2)s1)c1cc(F)c(C(F)(F)F)cc1F. The summed E-state index contributed by atoms with van der Waals surface area (Å²) in [6.45, 7) is 0. The third-order valence-electron chi connectivity index (χ3n) is 3.25. The molecule has 0 bridgehead atoms. The molecule has 1 amide bonds. The quantitative estimate of drug-likeness (QED) is 0.662. The minimum Gasteiger partial charge on any atom is -0.298 e. The van der Waals surface area contributed by atoms with Gasteiger partial charge in [0, 0.05) is 12.4 Å². The first kappa shape index (κ1) is 17.9. The van der Waals surface area contributed by atoms with E-state index in [1.165, 1.54) is 6.20 Å². The Balaban J connectivity index is 1.83. The second kappa shape index (κ2) is 6.79. The second-order valence-electron chi connectivity index (χ2n) is 5.01. The van der Waals surface area contributed by atoms with Crippen molar-refractivity contribution in [3.8, 4) is 10.6 Å². The molecule has 0 fully saturated rings. The molecule has 0 saturated heterocycles. The van der Waals surface area contributed by atoms with Crippen molar-refractivity contribution >= 4 is 22.4 Å². The molecule has 0 unspecified atom stereocenters. The van der Waals surface area contributed by atoms with Gasteiger partial charge in [0.1, 0.15) is 11.6 Å². The minimum atomic E-state index is -5.06. The summed E-state index contributed by atoms with van der Waals surface area (Å²) in [5.74, 6) is -4.34. The van der Waals surface area contributed by atoms with Crippen LogP contribution < -0.4 is 5.32 Å². The number of hydrogen-bond acceptors (Lipinski definition) is 4.